The Balaban J connectivity index is 2.22. The molecular formula is C18H21F2NO. The lowest BCUT2D eigenvalue weighted by molar-refractivity contribution is 0.257. The van der Waals surface area contributed by atoms with E-state index in [9.17, 15) is 13.9 Å². The maximum atomic E-state index is 14.0. The number of halogens is 2. The van der Waals surface area contributed by atoms with Crippen LogP contribution >= 0.6 is 0 Å². The molecule has 118 valence electrons. The van der Waals surface area contributed by atoms with Gasteiger partial charge < -0.3 is 10.4 Å². The van der Waals surface area contributed by atoms with Crippen molar-refractivity contribution in [3.05, 3.63) is 71.3 Å². The molecule has 0 aliphatic heterocycles. The van der Waals surface area contributed by atoms with E-state index in [4.69, 9.17) is 0 Å². The van der Waals surface area contributed by atoms with Gasteiger partial charge in [-0.2, -0.15) is 0 Å². The summed E-state index contributed by atoms with van der Waals surface area (Å²) < 4.78 is 27.1. The smallest absolute Gasteiger partial charge is 0.130 e. The third kappa shape index (κ3) is 4.12. The van der Waals surface area contributed by atoms with Gasteiger partial charge in [0.05, 0.1) is 0 Å². The topological polar surface area (TPSA) is 32.3 Å². The maximum Gasteiger partial charge on any atom is 0.130 e. The first kappa shape index (κ1) is 16.6. The van der Waals surface area contributed by atoms with Crippen molar-refractivity contribution in [3.8, 4) is 0 Å². The SMILES string of the molecule is CCC(N[C@H](CCO)c1ccccc1)c1ccc(F)cc1F. The van der Waals surface area contributed by atoms with Crippen molar-refractivity contribution in [2.24, 2.45) is 0 Å². The van der Waals surface area contributed by atoms with E-state index in [1.54, 1.807) is 0 Å². The highest BCUT2D eigenvalue weighted by atomic mass is 19.1. The molecule has 0 saturated heterocycles. The molecule has 1 unspecified atom stereocenters. The van der Waals surface area contributed by atoms with E-state index in [0.717, 1.165) is 11.6 Å². The van der Waals surface area contributed by atoms with Gasteiger partial charge in [-0.1, -0.05) is 43.3 Å². The average molecular weight is 305 g/mol. The second kappa shape index (κ2) is 8.01. The summed E-state index contributed by atoms with van der Waals surface area (Å²) in [6, 6.07) is 13.1. The molecule has 4 heteroatoms. The molecule has 2 nitrogen and oxygen atoms in total. The van der Waals surface area contributed by atoms with E-state index in [0.29, 0.717) is 18.4 Å². The minimum Gasteiger partial charge on any atom is -0.396 e. The molecule has 2 atom stereocenters. The summed E-state index contributed by atoms with van der Waals surface area (Å²) in [7, 11) is 0. The second-order valence-electron chi connectivity index (χ2n) is 5.27. The predicted molar refractivity (Wildman–Crippen MR) is 83.4 cm³/mol. The summed E-state index contributed by atoms with van der Waals surface area (Å²) in [4.78, 5) is 0. The predicted octanol–water partition coefficient (Wildman–Crippen LogP) is 4.13. The van der Waals surface area contributed by atoms with Crippen molar-refractivity contribution in [1.29, 1.82) is 0 Å². The van der Waals surface area contributed by atoms with E-state index in [2.05, 4.69) is 5.32 Å². The van der Waals surface area contributed by atoms with Crippen LogP contribution in [-0.4, -0.2) is 11.7 Å². The van der Waals surface area contributed by atoms with Gasteiger partial charge in [-0.3, -0.25) is 0 Å². The van der Waals surface area contributed by atoms with Crippen LogP contribution in [0.15, 0.2) is 48.5 Å². The van der Waals surface area contributed by atoms with Gasteiger partial charge in [0.2, 0.25) is 0 Å². The highest BCUT2D eigenvalue weighted by Crippen LogP contribution is 2.26. The molecule has 0 radical (unpaired) electrons. The number of rotatable bonds is 7. The Bertz CT molecular complexity index is 589. The molecule has 0 aromatic heterocycles. The highest BCUT2D eigenvalue weighted by molar-refractivity contribution is 5.24. The first-order valence-electron chi connectivity index (χ1n) is 7.52. The summed E-state index contributed by atoms with van der Waals surface area (Å²) in [6.45, 7) is 1.98. The molecule has 2 aromatic carbocycles. The van der Waals surface area contributed by atoms with E-state index in [1.165, 1.54) is 12.1 Å². The van der Waals surface area contributed by atoms with Gasteiger partial charge in [-0.15, -0.1) is 0 Å². The molecular weight excluding hydrogens is 284 g/mol. The third-order valence-corrected chi connectivity index (χ3v) is 3.77. The zero-order valence-electron chi connectivity index (χ0n) is 12.6. The van der Waals surface area contributed by atoms with E-state index in [1.807, 2.05) is 37.3 Å². The lowest BCUT2D eigenvalue weighted by Crippen LogP contribution is -2.27. The quantitative estimate of drug-likeness (QED) is 0.806. The zero-order chi connectivity index (χ0) is 15.9. The van der Waals surface area contributed by atoms with Crippen LogP contribution in [0, 0.1) is 11.6 Å². The second-order valence-corrected chi connectivity index (χ2v) is 5.27. The monoisotopic (exact) mass is 305 g/mol. The van der Waals surface area contributed by atoms with Gasteiger partial charge in [-0.25, -0.2) is 8.78 Å². The van der Waals surface area contributed by atoms with Crippen LogP contribution in [0.4, 0.5) is 8.78 Å². The fraction of sp³-hybridized carbons (Fsp3) is 0.333. The Hall–Kier alpha value is -1.78. The molecule has 0 fully saturated rings. The van der Waals surface area contributed by atoms with Gasteiger partial charge in [0, 0.05) is 30.3 Å². The minimum absolute atomic E-state index is 0.0366. The lowest BCUT2D eigenvalue weighted by atomic mass is 9.98. The number of aliphatic hydroxyl groups excluding tert-OH is 1. The van der Waals surface area contributed by atoms with Crippen LogP contribution in [0.25, 0.3) is 0 Å². The summed E-state index contributed by atoms with van der Waals surface area (Å²) in [5, 5.41) is 12.7. The van der Waals surface area contributed by atoms with Gasteiger partial charge in [0.1, 0.15) is 11.6 Å². The van der Waals surface area contributed by atoms with Gasteiger partial charge >= 0.3 is 0 Å². The fourth-order valence-electron chi connectivity index (χ4n) is 2.62. The Morgan fingerprint density at radius 3 is 2.36 bits per heavy atom. The molecule has 22 heavy (non-hydrogen) atoms. The number of hydrogen-bond donors (Lipinski definition) is 2. The number of benzene rings is 2. The van der Waals surface area contributed by atoms with Crippen molar-refractivity contribution < 1.29 is 13.9 Å². The average Bonchev–Trinajstić information content (AvgIpc) is 2.53. The molecule has 0 amide bonds. The number of aliphatic hydroxyl groups is 1. The Morgan fingerprint density at radius 2 is 1.77 bits per heavy atom. The molecule has 0 saturated carbocycles. The maximum absolute atomic E-state index is 14.0. The van der Waals surface area contributed by atoms with Crippen LogP contribution in [-0.2, 0) is 0 Å². The molecule has 0 bridgehead atoms. The minimum atomic E-state index is -0.578. The third-order valence-electron chi connectivity index (χ3n) is 3.77. The van der Waals surface area contributed by atoms with E-state index in [-0.39, 0.29) is 18.7 Å². The van der Waals surface area contributed by atoms with Crippen molar-refractivity contribution >= 4 is 0 Å². The van der Waals surface area contributed by atoms with Crippen LogP contribution < -0.4 is 5.32 Å². The first-order chi connectivity index (χ1) is 10.7. The molecule has 2 aromatic rings. The van der Waals surface area contributed by atoms with Gasteiger partial charge in [-0.05, 0) is 24.5 Å². The standard InChI is InChI=1S/C18H21F2NO/c1-2-17(15-9-8-14(19)12-16(15)20)21-18(10-11-22)13-6-4-3-5-7-13/h3-9,12,17-18,21-22H,2,10-11H2,1H3/t17?,18-/m1/s1. The summed E-state index contributed by atoms with van der Waals surface area (Å²) in [5.74, 6) is -1.12. The van der Waals surface area contributed by atoms with Gasteiger partial charge in [0.25, 0.3) is 0 Å². The molecule has 0 aliphatic rings. The lowest BCUT2D eigenvalue weighted by Gasteiger charge is -2.26. The molecule has 0 spiro atoms. The highest BCUT2D eigenvalue weighted by Gasteiger charge is 2.19. The Morgan fingerprint density at radius 1 is 1.05 bits per heavy atom. The number of hydrogen-bond acceptors (Lipinski definition) is 2. The largest absolute Gasteiger partial charge is 0.396 e. The normalized spacial score (nSPS) is 13.8. The van der Waals surface area contributed by atoms with Crippen molar-refractivity contribution in [1.82, 2.24) is 5.32 Å². The molecule has 2 N–H and O–H groups in total. The zero-order valence-corrected chi connectivity index (χ0v) is 12.6. The first-order valence-corrected chi connectivity index (χ1v) is 7.52. The molecule has 0 heterocycles. The van der Waals surface area contributed by atoms with E-state index < -0.39 is 11.6 Å². The molecule has 2 rings (SSSR count). The Labute approximate surface area is 129 Å². The molecule has 0 aliphatic carbocycles. The van der Waals surface area contributed by atoms with Crippen LogP contribution in [0.3, 0.4) is 0 Å². The summed E-state index contributed by atoms with van der Waals surface area (Å²) in [5.41, 5.74) is 1.49. The van der Waals surface area contributed by atoms with Crippen molar-refractivity contribution in [3.63, 3.8) is 0 Å². The van der Waals surface area contributed by atoms with Crippen molar-refractivity contribution in [2.45, 2.75) is 31.8 Å². The van der Waals surface area contributed by atoms with Crippen LogP contribution in [0.1, 0.15) is 43.0 Å². The van der Waals surface area contributed by atoms with Crippen LogP contribution in [0.5, 0.6) is 0 Å². The van der Waals surface area contributed by atoms with E-state index >= 15 is 0 Å². The van der Waals surface area contributed by atoms with Gasteiger partial charge in [0.15, 0.2) is 0 Å². The summed E-state index contributed by atoms with van der Waals surface area (Å²) >= 11 is 0. The van der Waals surface area contributed by atoms with Crippen LogP contribution in [0.2, 0.25) is 0 Å². The summed E-state index contributed by atoms with van der Waals surface area (Å²) in [6.07, 6.45) is 1.20. The van der Waals surface area contributed by atoms with Crippen molar-refractivity contribution in [2.75, 3.05) is 6.61 Å². The fourth-order valence-corrected chi connectivity index (χ4v) is 2.62. The Kier molecular flexibility index (Phi) is 6.04. The number of nitrogens with one attached hydrogen (secondary N) is 1.